The quantitative estimate of drug-likeness (QED) is 0.885. The molecule has 1 aromatic rings. The Morgan fingerprint density at radius 2 is 2.11 bits per heavy atom. The molecule has 0 aliphatic carbocycles. The molecule has 2 rings (SSSR count). The molecule has 0 saturated carbocycles. The number of aliphatic carboxylic acids is 1. The van der Waals surface area contributed by atoms with Crippen LogP contribution in [0.5, 0.6) is 0 Å². The van der Waals surface area contributed by atoms with Gasteiger partial charge >= 0.3 is 12.1 Å². The van der Waals surface area contributed by atoms with E-state index in [4.69, 9.17) is 9.84 Å². The van der Waals surface area contributed by atoms with Gasteiger partial charge in [-0.2, -0.15) is 0 Å². The summed E-state index contributed by atoms with van der Waals surface area (Å²) in [5.41, 5.74) is 0.768. The molecule has 1 heterocycles. The highest BCUT2D eigenvalue weighted by Gasteiger charge is 2.32. The van der Waals surface area contributed by atoms with E-state index >= 15 is 0 Å². The number of carboxylic acid groups (broad SMARTS) is 1. The van der Waals surface area contributed by atoms with Crippen LogP contribution in [0.1, 0.15) is 12.0 Å². The number of nitrogens with zero attached hydrogens (tertiary/aromatic N) is 1. The van der Waals surface area contributed by atoms with Crippen molar-refractivity contribution in [3.05, 3.63) is 35.6 Å². The summed E-state index contributed by atoms with van der Waals surface area (Å²) in [4.78, 5) is 23.4. The lowest BCUT2D eigenvalue weighted by atomic mass is 10.2. The SMILES string of the molecule is O=C(O)CC1CN(Cc2ccc(F)cc2)C(=O)O1. The first-order chi connectivity index (χ1) is 8.54. The molecule has 1 N–H and O–H groups in total. The van der Waals surface area contributed by atoms with Crippen molar-refractivity contribution in [2.75, 3.05) is 6.54 Å². The lowest BCUT2D eigenvalue weighted by Gasteiger charge is -2.12. The summed E-state index contributed by atoms with van der Waals surface area (Å²) in [6.07, 6.45) is -1.35. The summed E-state index contributed by atoms with van der Waals surface area (Å²) >= 11 is 0. The van der Waals surface area contributed by atoms with Crippen molar-refractivity contribution in [2.24, 2.45) is 0 Å². The van der Waals surface area contributed by atoms with Crippen molar-refractivity contribution in [1.82, 2.24) is 4.90 Å². The van der Waals surface area contributed by atoms with Gasteiger partial charge in [-0.25, -0.2) is 9.18 Å². The second kappa shape index (κ2) is 5.03. The van der Waals surface area contributed by atoms with Crippen molar-refractivity contribution < 1.29 is 23.8 Å². The van der Waals surface area contributed by atoms with Crippen LogP contribution in [0.25, 0.3) is 0 Å². The second-order valence-corrected chi connectivity index (χ2v) is 4.11. The minimum atomic E-state index is -1.00. The van der Waals surface area contributed by atoms with E-state index in [9.17, 15) is 14.0 Å². The topological polar surface area (TPSA) is 66.8 Å². The molecule has 1 amide bonds. The minimum Gasteiger partial charge on any atom is -0.481 e. The Hall–Kier alpha value is -2.11. The fraction of sp³-hybridized carbons (Fsp3) is 0.333. The largest absolute Gasteiger partial charge is 0.481 e. The lowest BCUT2D eigenvalue weighted by Crippen LogP contribution is -2.25. The number of rotatable bonds is 4. The molecule has 1 unspecified atom stereocenters. The standard InChI is InChI=1S/C12H12FNO4/c13-9-3-1-8(2-4-9)6-14-7-10(5-11(15)16)18-12(14)17/h1-4,10H,5-7H2,(H,15,16). The molecule has 1 aliphatic rings. The summed E-state index contributed by atoms with van der Waals surface area (Å²) in [6.45, 7) is 0.526. The predicted octanol–water partition coefficient (Wildman–Crippen LogP) is 1.62. The number of amides is 1. The van der Waals surface area contributed by atoms with Gasteiger partial charge in [-0.15, -0.1) is 0 Å². The maximum atomic E-state index is 12.7. The number of hydrogen-bond donors (Lipinski definition) is 1. The van der Waals surface area contributed by atoms with Crippen LogP contribution in [-0.4, -0.2) is 34.7 Å². The van der Waals surface area contributed by atoms with E-state index in [0.29, 0.717) is 0 Å². The number of ether oxygens (including phenoxy) is 1. The first-order valence-electron chi connectivity index (χ1n) is 5.46. The Morgan fingerprint density at radius 1 is 1.44 bits per heavy atom. The molecular formula is C12H12FNO4. The van der Waals surface area contributed by atoms with E-state index in [1.807, 2.05) is 0 Å². The molecule has 1 aliphatic heterocycles. The number of carbonyl (C=O) groups excluding carboxylic acids is 1. The molecule has 1 fully saturated rings. The van der Waals surface area contributed by atoms with Gasteiger partial charge in [-0.3, -0.25) is 4.79 Å². The average Bonchev–Trinajstić information content (AvgIpc) is 2.61. The number of carboxylic acids is 1. The summed E-state index contributed by atoms with van der Waals surface area (Å²) in [5, 5.41) is 8.62. The fourth-order valence-electron chi connectivity index (χ4n) is 1.82. The van der Waals surface area contributed by atoms with Crippen molar-refractivity contribution in [3.63, 3.8) is 0 Å². The zero-order chi connectivity index (χ0) is 13.1. The molecule has 96 valence electrons. The molecule has 0 radical (unpaired) electrons. The molecule has 5 nitrogen and oxygen atoms in total. The normalized spacial score (nSPS) is 18.8. The highest BCUT2D eigenvalue weighted by Crippen LogP contribution is 2.17. The van der Waals surface area contributed by atoms with Crippen LogP contribution in [0.4, 0.5) is 9.18 Å². The second-order valence-electron chi connectivity index (χ2n) is 4.11. The van der Waals surface area contributed by atoms with Crippen molar-refractivity contribution in [2.45, 2.75) is 19.1 Å². The van der Waals surface area contributed by atoms with E-state index in [1.54, 1.807) is 12.1 Å². The van der Waals surface area contributed by atoms with Crippen LogP contribution >= 0.6 is 0 Å². The molecular weight excluding hydrogens is 241 g/mol. The maximum Gasteiger partial charge on any atom is 0.410 e. The van der Waals surface area contributed by atoms with Gasteiger partial charge in [0.15, 0.2) is 0 Å². The predicted molar refractivity (Wildman–Crippen MR) is 59.3 cm³/mol. The van der Waals surface area contributed by atoms with Gasteiger partial charge in [0, 0.05) is 6.54 Å². The van der Waals surface area contributed by atoms with E-state index in [0.717, 1.165) is 5.56 Å². The van der Waals surface area contributed by atoms with Gasteiger partial charge in [0.2, 0.25) is 0 Å². The van der Waals surface area contributed by atoms with Crippen LogP contribution in [0, 0.1) is 5.82 Å². The molecule has 0 bridgehead atoms. The Kier molecular flexibility index (Phi) is 3.45. The number of cyclic esters (lactones) is 1. The van der Waals surface area contributed by atoms with Crippen LogP contribution in [-0.2, 0) is 16.1 Å². The van der Waals surface area contributed by atoms with Gasteiger partial charge < -0.3 is 14.7 Å². The van der Waals surface area contributed by atoms with E-state index in [-0.39, 0.29) is 25.3 Å². The Morgan fingerprint density at radius 3 is 2.72 bits per heavy atom. The average molecular weight is 253 g/mol. The first-order valence-corrected chi connectivity index (χ1v) is 5.46. The zero-order valence-corrected chi connectivity index (χ0v) is 9.51. The highest BCUT2D eigenvalue weighted by atomic mass is 19.1. The van der Waals surface area contributed by atoms with Crippen molar-refractivity contribution in [1.29, 1.82) is 0 Å². The number of halogens is 1. The number of hydrogen-bond acceptors (Lipinski definition) is 3. The number of carbonyl (C=O) groups is 2. The van der Waals surface area contributed by atoms with Crippen LogP contribution < -0.4 is 0 Å². The summed E-state index contributed by atoms with van der Waals surface area (Å²) in [6, 6.07) is 5.78. The van der Waals surface area contributed by atoms with Gasteiger partial charge in [0.05, 0.1) is 13.0 Å². The van der Waals surface area contributed by atoms with E-state index < -0.39 is 18.2 Å². The van der Waals surface area contributed by atoms with Crippen molar-refractivity contribution in [3.8, 4) is 0 Å². The van der Waals surface area contributed by atoms with E-state index in [2.05, 4.69) is 0 Å². The Bertz CT molecular complexity index is 460. The first kappa shape index (κ1) is 12.3. The molecule has 6 heteroatoms. The molecule has 18 heavy (non-hydrogen) atoms. The monoisotopic (exact) mass is 253 g/mol. The van der Waals surface area contributed by atoms with Gasteiger partial charge in [0.1, 0.15) is 11.9 Å². The van der Waals surface area contributed by atoms with Gasteiger partial charge in [0.25, 0.3) is 0 Å². The summed E-state index contributed by atoms with van der Waals surface area (Å²) < 4.78 is 17.6. The summed E-state index contributed by atoms with van der Waals surface area (Å²) in [7, 11) is 0. The maximum absolute atomic E-state index is 12.7. The lowest BCUT2D eigenvalue weighted by molar-refractivity contribution is -0.138. The van der Waals surface area contributed by atoms with Crippen LogP contribution in [0.2, 0.25) is 0 Å². The Labute approximate surface area is 103 Å². The van der Waals surface area contributed by atoms with Crippen molar-refractivity contribution >= 4 is 12.1 Å². The third kappa shape index (κ3) is 2.97. The molecule has 0 spiro atoms. The smallest absolute Gasteiger partial charge is 0.410 e. The third-order valence-corrected chi connectivity index (χ3v) is 2.64. The van der Waals surface area contributed by atoms with Crippen LogP contribution in [0.15, 0.2) is 24.3 Å². The molecule has 1 aromatic carbocycles. The number of benzene rings is 1. The molecule has 1 saturated heterocycles. The Balaban J connectivity index is 1.96. The minimum absolute atomic E-state index is 0.203. The molecule has 0 aromatic heterocycles. The van der Waals surface area contributed by atoms with Gasteiger partial charge in [-0.1, -0.05) is 12.1 Å². The molecule has 1 atom stereocenters. The van der Waals surface area contributed by atoms with Gasteiger partial charge in [-0.05, 0) is 17.7 Å². The fourth-order valence-corrected chi connectivity index (χ4v) is 1.82. The summed E-state index contributed by atoms with van der Waals surface area (Å²) in [5.74, 6) is -1.34. The highest BCUT2D eigenvalue weighted by molar-refractivity contribution is 5.72. The third-order valence-electron chi connectivity index (χ3n) is 2.64. The van der Waals surface area contributed by atoms with E-state index in [1.165, 1.54) is 17.0 Å². The van der Waals surface area contributed by atoms with Crippen LogP contribution in [0.3, 0.4) is 0 Å². The zero-order valence-electron chi connectivity index (χ0n) is 9.51.